The highest BCUT2D eigenvalue weighted by molar-refractivity contribution is 6.17. The molecule has 1 rings (SSSR count). The fourth-order valence-corrected chi connectivity index (χ4v) is 1.96. The number of benzene rings is 1. The Labute approximate surface area is 98.7 Å². The van der Waals surface area contributed by atoms with Gasteiger partial charge in [-0.1, -0.05) is 52.8 Å². The van der Waals surface area contributed by atoms with Gasteiger partial charge in [0.15, 0.2) is 0 Å². The average molecular weight is 225 g/mol. The summed E-state index contributed by atoms with van der Waals surface area (Å²) in [6.07, 6.45) is 0. The first-order chi connectivity index (χ1) is 6.86. The largest absolute Gasteiger partial charge is 0.122 e. The van der Waals surface area contributed by atoms with Crippen LogP contribution in [0.25, 0.3) is 0 Å². The quantitative estimate of drug-likeness (QED) is 0.631. The summed E-state index contributed by atoms with van der Waals surface area (Å²) >= 11 is 5.94. The van der Waals surface area contributed by atoms with Crippen molar-refractivity contribution in [2.75, 3.05) is 0 Å². The highest BCUT2D eigenvalue weighted by Crippen LogP contribution is 2.28. The standard InChI is InChI=1S/C14H21Cl/c1-10(2)13-8-12(14(3,4)5)7-6-11(13)9-15/h6-8,10H,9H2,1-5H3. The molecule has 1 aromatic rings. The lowest BCUT2D eigenvalue weighted by Crippen LogP contribution is -2.12. The normalized spacial score (nSPS) is 12.2. The molecule has 0 heterocycles. The van der Waals surface area contributed by atoms with Crippen LogP contribution in [0.2, 0.25) is 0 Å². The third-order valence-electron chi connectivity index (χ3n) is 2.78. The fraction of sp³-hybridized carbons (Fsp3) is 0.571. The van der Waals surface area contributed by atoms with E-state index >= 15 is 0 Å². The van der Waals surface area contributed by atoms with E-state index in [2.05, 4.69) is 52.8 Å². The molecule has 0 spiro atoms. The first kappa shape index (κ1) is 12.6. The Kier molecular flexibility index (Phi) is 3.83. The average Bonchev–Trinajstić information content (AvgIpc) is 2.15. The molecule has 15 heavy (non-hydrogen) atoms. The van der Waals surface area contributed by atoms with Crippen LogP contribution in [0.15, 0.2) is 18.2 Å². The summed E-state index contributed by atoms with van der Waals surface area (Å²) < 4.78 is 0. The van der Waals surface area contributed by atoms with Gasteiger partial charge in [-0.3, -0.25) is 0 Å². The summed E-state index contributed by atoms with van der Waals surface area (Å²) in [7, 11) is 0. The molecule has 0 amide bonds. The van der Waals surface area contributed by atoms with E-state index in [-0.39, 0.29) is 5.41 Å². The molecule has 0 nitrogen and oxygen atoms in total. The van der Waals surface area contributed by atoms with E-state index in [1.165, 1.54) is 16.7 Å². The van der Waals surface area contributed by atoms with Crippen LogP contribution in [-0.2, 0) is 11.3 Å². The number of rotatable bonds is 2. The second-order valence-electron chi connectivity index (χ2n) is 5.45. The van der Waals surface area contributed by atoms with Crippen LogP contribution >= 0.6 is 11.6 Å². The van der Waals surface area contributed by atoms with Crippen molar-refractivity contribution in [1.29, 1.82) is 0 Å². The third kappa shape index (κ3) is 2.98. The van der Waals surface area contributed by atoms with Gasteiger partial charge in [-0.15, -0.1) is 11.6 Å². The Bertz CT molecular complexity index is 332. The molecule has 0 aliphatic rings. The number of hydrogen-bond donors (Lipinski definition) is 0. The van der Waals surface area contributed by atoms with Crippen LogP contribution < -0.4 is 0 Å². The molecule has 84 valence electrons. The van der Waals surface area contributed by atoms with Gasteiger partial charge in [0.25, 0.3) is 0 Å². The monoisotopic (exact) mass is 224 g/mol. The van der Waals surface area contributed by atoms with Crippen LogP contribution in [0, 0.1) is 0 Å². The topological polar surface area (TPSA) is 0 Å². The molecule has 0 unspecified atom stereocenters. The van der Waals surface area contributed by atoms with Crippen molar-refractivity contribution in [2.45, 2.75) is 51.8 Å². The van der Waals surface area contributed by atoms with Crippen LogP contribution in [0.5, 0.6) is 0 Å². The van der Waals surface area contributed by atoms with E-state index in [9.17, 15) is 0 Å². The lowest BCUT2D eigenvalue weighted by molar-refractivity contribution is 0.588. The molecule has 0 aliphatic carbocycles. The molecule has 0 fully saturated rings. The fourth-order valence-electron chi connectivity index (χ4n) is 1.72. The minimum Gasteiger partial charge on any atom is -0.122 e. The van der Waals surface area contributed by atoms with Crippen molar-refractivity contribution in [3.05, 3.63) is 34.9 Å². The molecular weight excluding hydrogens is 204 g/mol. The predicted molar refractivity (Wildman–Crippen MR) is 68.8 cm³/mol. The van der Waals surface area contributed by atoms with Gasteiger partial charge < -0.3 is 0 Å². The van der Waals surface area contributed by atoms with E-state index < -0.39 is 0 Å². The van der Waals surface area contributed by atoms with Crippen molar-refractivity contribution in [3.8, 4) is 0 Å². The van der Waals surface area contributed by atoms with Crippen molar-refractivity contribution in [3.63, 3.8) is 0 Å². The van der Waals surface area contributed by atoms with Gasteiger partial charge in [0.1, 0.15) is 0 Å². The summed E-state index contributed by atoms with van der Waals surface area (Å²) in [5.74, 6) is 1.15. The first-order valence-electron chi connectivity index (χ1n) is 5.55. The molecular formula is C14H21Cl. The molecule has 0 bridgehead atoms. The smallest absolute Gasteiger partial charge is 0.0476 e. The summed E-state index contributed by atoms with van der Waals surface area (Å²) in [5.41, 5.74) is 4.26. The first-order valence-corrected chi connectivity index (χ1v) is 6.09. The zero-order valence-corrected chi connectivity index (χ0v) is 11.2. The molecule has 1 aromatic carbocycles. The Morgan fingerprint density at radius 2 is 1.80 bits per heavy atom. The summed E-state index contributed by atoms with van der Waals surface area (Å²) in [4.78, 5) is 0. The highest BCUT2D eigenvalue weighted by Gasteiger charge is 2.16. The zero-order valence-electron chi connectivity index (χ0n) is 10.4. The highest BCUT2D eigenvalue weighted by atomic mass is 35.5. The number of alkyl halides is 1. The maximum absolute atomic E-state index is 5.94. The maximum atomic E-state index is 5.94. The van der Waals surface area contributed by atoms with E-state index in [1.807, 2.05) is 0 Å². The molecule has 0 radical (unpaired) electrons. The third-order valence-corrected chi connectivity index (χ3v) is 3.07. The molecule has 0 N–H and O–H groups in total. The predicted octanol–water partition coefficient (Wildman–Crippen LogP) is 4.85. The van der Waals surface area contributed by atoms with Gasteiger partial charge in [-0.05, 0) is 28.0 Å². The van der Waals surface area contributed by atoms with Gasteiger partial charge in [-0.2, -0.15) is 0 Å². The lowest BCUT2D eigenvalue weighted by Gasteiger charge is -2.22. The Morgan fingerprint density at radius 1 is 1.20 bits per heavy atom. The summed E-state index contributed by atoms with van der Waals surface area (Å²) in [5, 5.41) is 0. The van der Waals surface area contributed by atoms with Crippen molar-refractivity contribution < 1.29 is 0 Å². The molecule has 1 heteroatoms. The van der Waals surface area contributed by atoms with E-state index in [4.69, 9.17) is 11.6 Å². The summed E-state index contributed by atoms with van der Waals surface area (Å²) in [6, 6.07) is 6.68. The second kappa shape index (κ2) is 4.57. The van der Waals surface area contributed by atoms with Gasteiger partial charge in [-0.25, -0.2) is 0 Å². The van der Waals surface area contributed by atoms with Crippen molar-refractivity contribution in [1.82, 2.24) is 0 Å². The van der Waals surface area contributed by atoms with E-state index in [0.717, 1.165) is 0 Å². The van der Waals surface area contributed by atoms with Crippen molar-refractivity contribution in [2.24, 2.45) is 0 Å². The Morgan fingerprint density at radius 3 is 2.20 bits per heavy atom. The minimum atomic E-state index is 0.217. The second-order valence-corrected chi connectivity index (χ2v) is 5.72. The van der Waals surface area contributed by atoms with Crippen LogP contribution in [0.3, 0.4) is 0 Å². The molecule has 0 saturated heterocycles. The molecule has 0 atom stereocenters. The SMILES string of the molecule is CC(C)c1cc(C(C)(C)C)ccc1CCl. The van der Waals surface area contributed by atoms with Crippen LogP contribution in [-0.4, -0.2) is 0 Å². The van der Waals surface area contributed by atoms with Gasteiger partial charge in [0, 0.05) is 5.88 Å². The number of hydrogen-bond acceptors (Lipinski definition) is 0. The van der Waals surface area contributed by atoms with Crippen molar-refractivity contribution >= 4 is 11.6 Å². The Balaban J connectivity index is 3.22. The molecule has 0 saturated carbocycles. The minimum absolute atomic E-state index is 0.217. The number of halogens is 1. The van der Waals surface area contributed by atoms with Crippen LogP contribution in [0.1, 0.15) is 57.2 Å². The van der Waals surface area contributed by atoms with Crippen LogP contribution in [0.4, 0.5) is 0 Å². The van der Waals surface area contributed by atoms with Gasteiger partial charge in [0.2, 0.25) is 0 Å². The van der Waals surface area contributed by atoms with E-state index in [1.54, 1.807) is 0 Å². The lowest BCUT2D eigenvalue weighted by atomic mass is 9.83. The molecule has 0 aromatic heterocycles. The van der Waals surface area contributed by atoms with Gasteiger partial charge in [0.05, 0.1) is 0 Å². The van der Waals surface area contributed by atoms with E-state index in [0.29, 0.717) is 11.8 Å². The summed E-state index contributed by atoms with van der Waals surface area (Å²) in [6.45, 7) is 11.2. The zero-order chi connectivity index (χ0) is 11.6. The van der Waals surface area contributed by atoms with Gasteiger partial charge >= 0.3 is 0 Å². The maximum Gasteiger partial charge on any atom is 0.0476 e. The Hall–Kier alpha value is -0.490. The molecule has 0 aliphatic heterocycles.